The summed E-state index contributed by atoms with van der Waals surface area (Å²) in [5.74, 6) is 0.390. The molecule has 0 aliphatic carbocycles. The molecule has 0 radical (unpaired) electrons. The van der Waals surface area contributed by atoms with Crippen molar-refractivity contribution in [3.05, 3.63) is 65.5 Å². The summed E-state index contributed by atoms with van der Waals surface area (Å²) in [5.41, 5.74) is 1.62. The number of carbonyl (C=O) groups excluding carboxylic acids is 2. The zero-order chi connectivity index (χ0) is 19.9. The fourth-order valence-corrected chi connectivity index (χ4v) is 3.39. The van der Waals surface area contributed by atoms with Crippen LogP contribution < -0.4 is 10.1 Å². The Bertz CT molecular complexity index is 798. The van der Waals surface area contributed by atoms with Gasteiger partial charge < -0.3 is 15.0 Å². The molecule has 1 N–H and O–H groups in total. The van der Waals surface area contributed by atoms with Gasteiger partial charge in [-0.2, -0.15) is 0 Å². The van der Waals surface area contributed by atoms with Crippen molar-refractivity contribution in [2.24, 2.45) is 5.92 Å². The van der Waals surface area contributed by atoms with E-state index in [1.54, 1.807) is 48.4 Å². The van der Waals surface area contributed by atoms with Gasteiger partial charge in [-0.05, 0) is 61.2 Å². The van der Waals surface area contributed by atoms with Crippen LogP contribution in [0.3, 0.4) is 0 Å². The van der Waals surface area contributed by atoms with E-state index in [2.05, 4.69) is 5.32 Å². The second kappa shape index (κ2) is 9.35. The molecular formula is C22H25FN2O3. The van der Waals surface area contributed by atoms with Crippen LogP contribution in [0.5, 0.6) is 5.75 Å². The molecule has 0 aromatic heterocycles. The maximum Gasteiger partial charge on any atom is 0.253 e. The van der Waals surface area contributed by atoms with E-state index in [0.29, 0.717) is 50.2 Å². The first kappa shape index (κ1) is 19.9. The Morgan fingerprint density at radius 1 is 1.07 bits per heavy atom. The van der Waals surface area contributed by atoms with Gasteiger partial charge in [0, 0.05) is 31.1 Å². The minimum Gasteiger partial charge on any atom is -0.497 e. The summed E-state index contributed by atoms with van der Waals surface area (Å²) < 4.78 is 18.0. The minimum absolute atomic E-state index is 0.0159. The number of benzene rings is 2. The highest BCUT2D eigenvalue weighted by Gasteiger charge is 2.27. The van der Waals surface area contributed by atoms with Crippen LogP contribution >= 0.6 is 0 Å². The van der Waals surface area contributed by atoms with Crippen LogP contribution in [-0.2, 0) is 11.2 Å². The number of halogens is 1. The molecule has 0 atom stereocenters. The molecule has 2 amide bonds. The molecule has 1 heterocycles. The van der Waals surface area contributed by atoms with Crippen LogP contribution in [0, 0.1) is 11.7 Å². The zero-order valence-electron chi connectivity index (χ0n) is 16.0. The van der Waals surface area contributed by atoms with Gasteiger partial charge in [0.15, 0.2) is 0 Å². The van der Waals surface area contributed by atoms with E-state index in [9.17, 15) is 14.0 Å². The molecule has 0 saturated carbocycles. The predicted molar refractivity (Wildman–Crippen MR) is 105 cm³/mol. The Kier molecular flexibility index (Phi) is 6.63. The third-order valence-corrected chi connectivity index (χ3v) is 5.12. The second-order valence-electron chi connectivity index (χ2n) is 6.96. The van der Waals surface area contributed by atoms with Crippen LogP contribution in [0.15, 0.2) is 48.5 Å². The highest BCUT2D eigenvalue weighted by molar-refractivity contribution is 5.94. The number of hydrogen-bond acceptors (Lipinski definition) is 3. The molecule has 2 aromatic carbocycles. The van der Waals surface area contributed by atoms with Crippen molar-refractivity contribution in [2.75, 3.05) is 26.7 Å². The Labute approximate surface area is 164 Å². The average Bonchev–Trinajstić information content (AvgIpc) is 2.74. The lowest BCUT2D eigenvalue weighted by Crippen LogP contribution is -2.43. The molecule has 28 heavy (non-hydrogen) atoms. The van der Waals surface area contributed by atoms with E-state index in [0.717, 1.165) is 5.56 Å². The number of hydrogen-bond donors (Lipinski definition) is 1. The van der Waals surface area contributed by atoms with Crippen molar-refractivity contribution in [3.63, 3.8) is 0 Å². The largest absolute Gasteiger partial charge is 0.497 e. The van der Waals surface area contributed by atoms with E-state index in [1.807, 2.05) is 0 Å². The molecule has 1 saturated heterocycles. The van der Waals surface area contributed by atoms with Gasteiger partial charge in [-0.25, -0.2) is 4.39 Å². The van der Waals surface area contributed by atoms with E-state index in [-0.39, 0.29) is 23.5 Å². The fourth-order valence-electron chi connectivity index (χ4n) is 3.39. The number of piperidine rings is 1. The van der Waals surface area contributed by atoms with Gasteiger partial charge in [0.05, 0.1) is 7.11 Å². The fraction of sp³-hybridized carbons (Fsp3) is 0.364. The van der Waals surface area contributed by atoms with Crippen LogP contribution in [-0.4, -0.2) is 43.5 Å². The van der Waals surface area contributed by atoms with E-state index < -0.39 is 0 Å². The van der Waals surface area contributed by atoms with Crippen molar-refractivity contribution in [2.45, 2.75) is 19.3 Å². The number of nitrogens with one attached hydrogen (secondary N) is 1. The molecule has 0 unspecified atom stereocenters. The Morgan fingerprint density at radius 3 is 2.32 bits per heavy atom. The number of ether oxygens (including phenoxy) is 1. The summed E-state index contributed by atoms with van der Waals surface area (Å²) in [6.07, 6.45) is 1.98. The number of amides is 2. The topological polar surface area (TPSA) is 58.6 Å². The smallest absolute Gasteiger partial charge is 0.253 e. The lowest BCUT2D eigenvalue weighted by molar-refractivity contribution is -0.126. The summed E-state index contributed by atoms with van der Waals surface area (Å²) in [5, 5.41) is 2.95. The molecular weight excluding hydrogens is 359 g/mol. The first-order valence-electron chi connectivity index (χ1n) is 9.52. The molecule has 5 nitrogen and oxygen atoms in total. The minimum atomic E-state index is -0.260. The maximum atomic E-state index is 12.9. The van der Waals surface area contributed by atoms with Crippen molar-refractivity contribution in [3.8, 4) is 5.75 Å². The summed E-state index contributed by atoms with van der Waals surface area (Å²) >= 11 is 0. The van der Waals surface area contributed by atoms with Crippen molar-refractivity contribution >= 4 is 11.8 Å². The van der Waals surface area contributed by atoms with Crippen molar-refractivity contribution in [1.82, 2.24) is 10.2 Å². The molecule has 0 bridgehead atoms. The Hall–Kier alpha value is -2.89. The molecule has 1 aliphatic rings. The maximum absolute atomic E-state index is 12.9. The highest BCUT2D eigenvalue weighted by atomic mass is 19.1. The van der Waals surface area contributed by atoms with Crippen LogP contribution in [0.4, 0.5) is 4.39 Å². The van der Waals surface area contributed by atoms with Gasteiger partial charge in [0.2, 0.25) is 5.91 Å². The molecule has 0 spiro atoms. The summed E-state index contributed by atoms with van der Waals surface area (Å²) in [6.45, 7) is 1.66. The Morgan fingerprint density at radius 2 is 1.71 bits per heavy atom. The standard InChI is InChI=1S/C22H25FN2O3/c1-28-20-8-4-18(5-9-20)22(27)25-14-11-17(12-15-25)21(26)24-13-10-16-2-6-19(23)7-3-16/h2-9,17H,10-15H2,1H3,(H,24,26). The van der Waals surface area contributed by atoms with Gasteiger partial charge in [0.1, 0.15) is 11.6 Å². The van der Waals surface area contributed by atoms with Crippen LogP contribution in [0.1, 0.15) is 28.8 Å². The number of carbonyl (C=O) groups is 2. The van der Waals surface area contributed by atoms with Gasteiger partial charge in [-0.3, -0.25) is 9.59 Å². The SMILES string of the molecule is COc1ccc(C(=O)N2CCC(C(=O)NCCc3ccc(F)cc3)CC2)cc1. The number of likely N-dealkylation sites (tertiary alicyclic amines) is 1. The number of rotatable bonds is 6. The predicted octanol–water partition coefficient (Wildman–Crippen LogP) is 3.05. The van der Waals surface area contributed by atoms with Crippen molar-refractivity contribution < 1.29 is 18.7 Å². The molecule has 148 valence electrons. The monoisotopic (exact) mass is 384 g/mol. The van der Waals surface area contributed by atoms with Gasteiger partial charge in [0.25, 0.3) is 5.91 Å². The number of methoxy groups -OCH3 is 1. The van der Waals surface area contributed by atoms with E-state index >= 15 is 0 Å². The molecule has 1 fully saturated rings. The van der Waals surface area contributed by atoms with Crippen LogP contribution in [0.25, 0.3) is 0 Å². The summed E-state index contributed by atoms with van der Waals surface area (Å²) in [4.78, 5) is 26.8. The first-order chi connectivity index (χ1) is 13.6. The van der Waals surface area contributed by atoms with Gasteiger partial charge in [-0.1, -0.05) is 12.1 Å². The second-order valence-corrected chi connectivity index (χ2v) is 6.96. The Balaban J connectivity index is 1.43. The first-order valence-corrected chi connectivity index (χ1v) is 9.52. The average molecular weight is 384 g/mol. The highest BCUT2D eigenvalue weighted by Crippen LogP contribution is 2.20. The van der Waals surface area contributed by atoms with E-state index in [4.69, 9.17) is 4.74 Å². The third-order valence-electron chi connectivity index (χ3n) is 5.12. The lowest BCUT2D eigenvalue weighted by Gasteiger charge is -2.31. The van der Waals surface area contributed by atoms with Crippen molar-refractivity contribution in [1.29, 1.82) is 0 Å². The summed E-state index contributed by atoms with van der Waals surface area (Å²) in [6, 6.07) is 13.4. The molecule has 2 aromatic rings. The zero-order valence-corrected chi connectivity index (χ0v) is 16.0. The van der Waals surface area contributed by atoms with Gasteiger partial charge in [-0.15, -0.1) is 0 Å². The lowest BCUT2D eigenvalue weighted by atomic mass is 9.95. The van der Waals surface area contributed by atoms with E-state index in [1.165, 1.54) is 12.1 Å². The third kappa shape index (κ3) is 5.09. The normalized spacial score (nSPS) is 14.6. The molecule has 3 rings (SSSR count). The van der Waals surface area contributed by atoms with Crippen LogP contribution in [0.2, 0.25) is 0 Å². The summed E-state index contributed by atoms with van der Waals surface area (Å²) in [7, 11) is 1.59. The molecule has 1 aliphatic heterocycles. The molecule has 6 heteroatoms. The van der Waals surface area contributed by atoms with Gasteiger partial charge >= 0.3 is 0 Å². The number of nitrogens with zero attached hydrogens (tertiary/aromatic N) is 1. The quantitative estimate of drug-likeness (QED) is 0.833.